The molecule has 0 unspecified atom stereocenters. The van der Waals surface area contributed by atoms with Crippen molar-refractivity contribution in [3.05, 3.63) is 0 Å². The molecular weight excluding hydrogens is 254 g/mol. The zero-order valence-corrected chi connectivity index (χ0v) is 9.36. The summed E-state index contributed by atoms with van der Waals surface area (Å²) in [5.74, 6) is 16.9. The Balaban J connectivity index is 2.15. The molecule has 0 aromatic rings. The fraction of sp³-hybridized carbons (Fsp3) is 0. The molecule has 0 aromatic carbocycles. The summed E-state index contributed by atoms with van der Waals surface area (Å²) in [7, 11) is 0. The summed E-state index contributed by atoms with van der Waals surface area (Å²) < 4.78 is 0. The van der Waals surface area contributed by atoms with Gasteiger partial charge in [0.15, 0.2) is 0 Å². The first kappa shape index (κ1) is 11.2. The van der Waals surface area contributed by atoms with Crippen LogP contribution in [-0.4, -0.2) is 40.7 Å². The van der Waals surface area contributed by atoms with E-state index in [4.69, 9.17) is 17.5 Å². The summed E-state index contributed by atoms with van der Waals surface area (Å²) >= 11 is 0. The van der Waals surface area contributed by atoms with Crippen molar-refractivity contribution in [2.24, 2.45) is 47.5 Å². The van der Waals surface area contributed by atoms with E-state index in [0.717, 1.165) is 0 Å². The third-order valence-electron chi connectivity index (χ3n) is 2.22. The monoisotopic (exact) mass is 263 g/mol. The van der Waals surface area contributed by atoms with E-state index < -0.39 is 0 Å². The summed E-state index contributed by atoms with van der Waals surface area (Å²) in [4.78, 5) is 25.7. The number of nitrogens with zero attached hydrogens (tertiary/aromatic N) is 7. The van der Waals surface area contributed by atoms with Gasteiger partial charge in [0.05, 0.1) is 0 Å². The highest BCUT2D eigenvalue weighted by Gasteiger charge is 2.34. The molecule has 13 heteroatoms. The highest BCUT2D eigenvalue weighted by atomic mass is 15.6. The number of nitrogens with two attached hydrogens (primary N) is 3. The smallest absolute Gasteiger partial charge is 0.246 e. The highest BCUT2D eigenvalue weighted by Crippen LogP contribution is 2.15. The normalized spacial score (nSPS) is 20.1. The van der Waals surface area contributed by atoms with E-state index >= 15 is 0 Å². The van der Waals surface area contributed by atoms with Crippen molar-refractivity contribution >= 4 is 35.8 Å². The van der Waals surface area contributed by atoms with Gasteiger partial charge in [0.25, 0.3) is 0 Å². The molecule has 9 N–H and O–H groups in total. The number of aliphatic imine (C=N–C) groups is 6. The molecule has 3 heterocycles. The molecule has 98 valence electrons. The third-order valence-corrected chi connectivity index (χ3v) is 2.22. The number of hydrogen-bond donors (Lipinski definition) is 6. The van der Waals surface area contributed by atoms with E-state index in [1.807, 2.05) is 0 Å². The highest BCUT2D eigenvalue weighted by molar-refractivity contribution is 6.29. The van der Waals surface area contributed by atoms with Crippen molar-refractivity contribution in [1.29, 1.82) is 0 Å². The van der Waals surface area contributed by atoms with Crippen molar-refractivity contribution in [2.75, 3.05) is 0 Å². The van der Waals surface area contributed by atoms with Gasteiger partial charge in [0.2, 0.25) is 35.8 Å². The van der Waals surface area contributed by atoms with Crippen LogP contribution in [0, 0.1) is 0 Å². The predicted molar refractivity (Wildman–Crippen MR) is 68.4 cm³/mol. The number of nitrogens with one attached hydrogen (secondary N) is 3. The molecule has 0 aromatic heterocycles. The maximum absolute atomic E-state index is 5.28. The van der Waals surface area contributed by atoms with Crippen LogP contribution >= 0.6 is 0 Å². The van der Waals surface area contributed by atoms with Crippen molar-refractivity contribution < 1.29 is 0 Å². The van der Waals surface area contributed by atoms with Gasteiger partial charge in [0, 0.05) is 0 Å². The molecule has 0 amide bonds. The molecule has 3 aliphatic rings. The van der Waals surface area contributed by atoms with Crippen LogP contribution in [0.15, 0.2) is 30.0 Å². The Kier molecular flexibility index (Phi) is 2.41. The summed E-state index contributed by atoms with van der Waals surface area (Å²) in [5, 5.41) is 0. The predicted octanol–water partition coefficient (Wildman–Crippen LogP) is -4.14. The first-order chi connectivity index (χ1) is 9.25. The molecule has 0 saturated carbocycles. The van der Waals surface area contributed by atoms with Gasteiger partial charge in [-0.15, -0.1) is 0 Å². The zero-order valence-electron chi connectivity index (χ0n) is 9.36. The molecule has 0 spiro atoms. The minimum Gasteiger partial charge on any atom is -0.292 e. The molecule has 3 aliphatic heterocycles. The third kappa shape index (κ3) is 1.69. The van der Waals surface area contributed by atoms with E-state index in [2.05, 4.69) is 46.2 Å². The molecule has 19 heavy (non-hydrogen) atoms. The summed E-state index contributed by atoms with van der Waals surface area (Å²) in [6, 6.07) is 0. The van der Waals surface area contributed by atoms with Gasteiger partial charge in [-0.3, -0.25) is 16.3 Å². The van der Waals surface area contributed by atoms with Crippen molar-refractivity contribution in [3.63, 3.8) is 0 Å². The van der Waals surface area contributed by atoms with Crippen LogP contribution in [0.1, 0.15) is 0 Å². The second-order valence-corrected chi connectivity index (χ2v) is 3.31. The number of hydrogen-bond acceptors (Lipinski definition) is 13. The van der Waals surface area contributed by atoms with Gasteiger partial charge < -0.3 is 0 Å². The Morgan fingerprint density at radius 2 is 0.895 bits per heavy atom. The molecule has 0 radical (unpaired) electrons. The number of rotatable bonds is 0. The van der Waals surface area contributed by atoms with Crippen LogP contribution in [0.3, 0.4) is 0 Å². The van der Waals surface area contributed by atoms with Gasteiger partial charge in [-0.1, -0.05) is 0 Å². The maximum Gasteiger partial charge on any atom is 0.246 e. The minimum absolute atomic E-state index is 0.129. The molecule has 0 saturated heterocycles. The van der Waals surface area contributed by atoms with Crippen LogP contribution in [0.2, 0.25) is 0 Å². The number of guanidine groups is 6. The van der Waals surface area contributed by atoms with Crippen LogP contribution in [-0.2, 0) is 0 Å². The Hall–Kier alpha value is -2.90. The van der Waals surface area contributed by atoms with Gasteiger partial charge in [-0.2, -0.15) is 30.0 Å². The topological polar surface area (TPSA) is 192 Å². The zero-order chi connectivity index (χ0) is 13.4. The van der Waals surface area contributed by atoms with Gasteiger partial charge in [-0.05, 0) is 0 Å². The van der Waals surface area contributed by atoms with Crippen LogP contribution in [0.25, 0.3) is 0 Å². The Morgan fingerprint density at radius 1 is 0.579 bits per heavy atom. The van der Waals surface area contributed by atoms with Crippen LogP contribution < -0.4 is 33.8 Å². The second kappa shape index (κ2) is 4.09. The Morgan fingerprint density at radius 3 is 1.16 bits per heavy atom. The fourth-order valence-corrected chi connectivity index (χ4v) is 1.48. The molecule has 13 nitrogen and oxygen atoms in total. The summed E-state index contributed by atoms with van der Waals surface area (Å²) in [5.41, 5.74) is 6.93. The van der Waals surface area contributed by atoms with Gasteiger partial charge >= 0.3 is 0 Å². The standard InChI is InChI=1S/C6H9N13/c7-16-1-10-4-12-2(17-8)14-6-15-3(18-9)13-5(11-1)19(4)6/h7-9H2,(H3,10,11,12,13,14,15,16,17,18). The quantitative estimate of drug-likeness (QED) is 0.188. The first-order valence-corrected chi connectivity index (χ1v) is 4.97. The summed E-state index contributed by atoms with van der Waals surface area (Å²) in [6.45, 7) is 0. The van der Waals surface area contributed by atoms with E-state index in [1.54, 1.807) is 0 Å². The SMILES string of the molecule is NNC1=NC2=NC(NN)=NC3=NC(NN)=NC(=N1)N23. The molecule has 0 aliphatic carbocycles. The summed E-state index contributed by atoms with van der Waals surface area (Å²) in [6.07, 6.45) is 0. The second-order valence-electron chi connectivity index (χ2n) is 3.31. The van der Waals surface area contributed by atoms with E-state index in [9.17, 15) is 0 Å². The van der Waals surface area contributed by atoms with Crippen molar-refractivity contribution in [2.45, 2.75) is 0 Å². The van der Waals surface area contributed by atoms with Gasteiger partial charge in [0.1, 0.15) is 0 Å². The van der Waals surface area contributed by atoms with Crippen LogP contribution in [0.5, 0.6) is 0 Å². The lowest BCUT2D eigenvalue weighted by molar-refractivity contribution is 0.800. The van der Waals surface area contributed by atoms with Crippen molar-refractivity contribution in [3.8, 4) is 0 Å². The molecule has 3 rings (SSSR count). The maximum atomic E-state index is 5.28. The molecule has 0 atom stereocenters. The Labute approximate surface area is 105 Å². The molecule has 0 bridgehead atoms. The average molecular weight is 263 g/mol. The largest absolute Gasteiger partial charge is 0.292 e. The minimum atomic E-state index is 0.129. The Bertz CT molecular complexity index is 517. The van der Waals surface area contributed by atoms with Crippen LogP contribution in [0.4, 0.5) is 0 Å². The lowest BCUT2D eigenvalue weighted by Crippen LogP contribution is -2.52. The lowest BCUT2D eigenvalue weighted by Gasteiger charge is -2.29. The average Bonchev–Trinajstić information content (AvgIpc) is 2.46. The fourth-order valence-electron chi connectivity index (χ4n) is 1.48. The first-order valence-electron chi connectivity index (χ1n) is 4.97. The van der Waals surface area contributed by atoms with E-state index in [-0.39, 0.29) is 35.8 Å². The van der Waals surface area contributed by atoms with Crippen molar-refractivity contribution in [1.82, 2.24) is 21.2 Å². The van der Waals surface area contributed by atoms with E-state index in [1.165, 1.54) is 4.90 Å². The molecular formula is C6H9N13. The van der Waals surface area contributed by atoms with Gasteiger partial charge in [-0.25, -0.2) is 22.4 Å². The number of hydrazine groups is 3. The lowest BCUT2D eigenvalue weighted by atomic mass is 10.5. The van der Waals surface area contributed by atoms with E-state index in [0.29, 0.717) is 0 Å². The molecule has 0 fully saturated rings.